The van der Waals surface area contributed by atoms with Gasteiger partial charge < -0.3 is 15.2 Å². The lowest BCUT2D eigenvalue weighted by Gasteiger charge is -2.19. The molecule has 1 rings (SSSR count). The molecule has 1 aliphatic rings. The molecule has 0 amide bonds. The standard InChI is InChI=1S/C8H15NO2/c10-5-4-9-7-8-3-1-2-6-11-8/h2,6,8-10H,1,3-5,7H2. The summed E-state index contributed by atoms with van der Waals surface area (Å²) in [5, 5.41) is 11.6. The predicted molar refractivity (Wildman–Crippen MR) is 43.2 cm³/mol. The summed E-state index contributed by atoms with van der Waals surface area (Å²) >= 11 is 0. The van der Waals surface area contributed by atoms with Crippen molar-refractivity contribution in [3.05, 3.63) is 12.3 Å². The van der Waals surface area contributed by atoms with Gasteiger partial charge in [0, 0.05) is 13.1 Å². The van der Waals surface area contributed by atoms with Crippen molar-refractivity contribution in [1.82, 2.24) is 5.32 Å². The molecule has 0 bridgehead atoms. The molecule has 0 spiro atoms. The topological polar surface area (TPSA) is 41.5 Å². The normalized spacial score (nSPS) is 23.2. The van der Waals surface area contributed by atoms with Crippen molar-refractivity contribution in [2.24, 2.45) is 0 Å². The summed E-state index contributed by atoms with van der Waals surface area (Å²) in [4.78, 5) is 0. The Kier molecular flexibility index (Phi) is 4.01. The fourth-order valence-electron chi connectivity index (χ4n) is 1.08. The minimum atomic E-state index is 0.197. The van der Waals surface area contributed by atoms with Crippen molar-refractivity contribution < 1.29 is 9.84 Å². The molecule has 2 N–H and O–H groups in total. The molecule has 0 saturated heterocycles. The second-order valence-corrected chi connectivity index (χ2v) is 2.63. The van der Waals surface area contributed by atoms with Gasteiger partial charge in [-0.3, -0.25) is 0 Å². The summed E-state index contributed by atoms with van der Waals surface area (Å²) in [5.41, 5.74) is 0. The molecule has 0 aromatic heterocycles. The van der Waals surface area contributed by atoms with Gasteiger partial charge in [0.25, 0.3) is 0 Å². The molecule has 3 heteroatoms. The molecule has 64 valence electrons. The van der Waals surface area contributed by atoms with Crippen LogP contribution in [0.2, 0.25) is 0 Å². The van der Waals surface area contributed by atoms with E-state index in [1.807, 2.05) is 6.08 Å². The van der Waals surface area contributed by atoms with Crippen LogP contribution in [0.3, 0.4) is 0 Å². The van der Waals surface area contributed by atoms with E-state index in [1.165, 1.54) is 0 Å². The maximum atomic E-state index is 8.48. The molecular formula is C8H15NO2. The van der Waals surface area contributed by atoms with Crippen LogP contribution >= 0.6 is 0 Å². The number of aliphatic hydroxyl groups is 1. The van der Waals surface area contributed by atoms with Crippen LogP contribution < -0.4 is 5.32 Å². The summed E-state index contributed by atoms with van der Waals surface area (Å²) in [7, 11) is 0. The molecule has 0 aromatic rings. The first kappa shape index (κ1) is 8.56. The van der Waals surface area contributed by atoms with Crippen molar-refractivity contribution in [1.29, 1.82) is 0 Å². The number of hydrogen-bond donors (Lipinski definition) is 2. The van der Waals surface area contributed by atoms with Crippen molar-refractivity contribution >= 4 is 0 Å². The molecule has 0 aliphatic carbocycles. The van der Waals surface area contributed by atoms with Gasteiger partial charge in [0.05, 0.1) is 12.9 Å². The van der Waals surface area contributed by atoms with Crippen LogP contribution in [-0.4, -0.2) is 30.9 Å². The van der Waals surface area contributed by atoms with Crippen molar-refractivity contribution in [3.8, 4) is 0 Å². The molecule has 0 aromatic carbocycles. The Labute approximate surface area is 67.1 Å². The number of allylic oxidation sites excluding steroid dienone is 1. The second kappa shape index (κ2) is 5.16. The zero-order valence-corrected chi connectivity index (χ0v) is 6.62. The van der Waals surface area contributed by atoms with Crippen LogP contribution in [0.1, 0.15) is 12.8 Å². The van der Waals surface area contributed by atoms with Crippen molar-refractivity contribution in [2.75, 3.05) is 19.7 Å². The number of hydrogen-bond acceptors (Lipinski definition) is 3. The van der Waals surface area contributed by atoms with Crippen molar-refractivity contribution in [3.63, 3.8) is 0 Å². The van der Waals surface area contributed by atoms with E-state index in [9.17, 15) is 0 Å². The molecular weight excluding hydrogens is 142 g/mol. The molecule has 0 fully saturated rings. The maximum absolute atomic E-state index is 8.48. The Balaban J connectivity index is 2.02. The van der Waals surface area contributed by atoms with E-state index in [2.05, 4.69) is 5.32 Å². The van der Waals surface area contributed by atoms with E-state index < -0.39 is 0 Å². The summed E-state index contributed by atoms with van der Waals surface area (Å²) in [5.74, 6) is 0. The number of rotatable bonds is 4. The molecule has 1 heterocycles. The highest BCUT2D eigenvalue weighted by Crippen LogP contribution is 2.08. The van der Waals surface area contributed by atoms with Crippen LogP contribution in [0, 0.1) is 0 Å². The van der Waals surface area contributed by atoms with Gasteiger partial charge in [-0.2, -0.15) is 0 Å². The average Bonchev–Trinajstić information content (AvgIpc) is 2.07. The van der Waals surface area contributed by atoms with Crippen LogP contribution in [0.4, 0.5) is 0 Å². The van der Waals surface area contributed by atoms with Gasteiger partial charge in [-0.15, -0.1) is 0 Å². The lowest BCUT2D eigenvalue weighted by Crippen LogP contribution is -2.30. The van der Waals surface area contributed by atoms with E-state index in [0.717, 1.165) is 19.4 Å². The Morgan fingerprint density at radius 1 is 1.64 bits per heavy atom. The van der Waals surface area contributed by atoms with Crippen LogP contribution in [-0.2, 0) is 4.74 Å². The predicted octanol–water partition coefficient (Wildman–Crippen LogP) is 0.261. The minimum Gasteiger partial charge on any atom is -0.497 e. The van der Waals surface area contributed by atoms with Gasteiger partial charge in [-0.05, 0) is 18.9 Å². The van der Waals surface area contributed by atoms with Gasteiger partial charge >= 0.3 is 0 Å². The lowest BCUT2D eigenvalue weighted by molar-refractivity contribution is 0.121. The Hall–Kier alpha value is -0.540. The van der Waals surface area contributed by atoms with E-state index >= 15 is 0 Å². The van der Waals surface area contributed by atoms with E-state index in [-0.39, 0.29) is 6.61 Å². The lowest BCUT2D eigenvalue weighted by atomic mass is 10.1. The zero-order valence-electron chi connectivity index (χ0n) is 6.62. The van der Waals surface area contributed by atoms with Gasteiger partial charge in [0.15, 0.2) is 0 Å². The molecule has 3 nitrogen and oxygen atoms in total. The van der Waals surface area contributed by atoms with Gasteiger partial charge in [-0.1, -0.05) is 0 Å². The van der Waals surface area contributed by atoms with E-state index in [0.29, 0.717) is 12.6 Å². The highest BCUT2D eigenvalue weighted by Gasteiger charge is 2.08. The van der Waals surface area contributed by atoms with Crippen LogP contribution in [0.25, 0.3) is 0 Å². The quantitative estimate of drug-likeness (QED) is 0.575. The van der Waals surface area contributed by atoms with E-state index in [4.69, 9.17) is 9.84 Å². The fourth-order valence-corrected chi connectivity index (χ4v) is 1.08. The highest BCUT2D eigenvalue weighted by atomic mass is 16.5. The molecule has 0 radical (unpaired) electrons. The summed E-state index contributed by atoms with van der Waals surface area (Å²) in [6, 6.07) is 0. The zero-order chi connectivity index (χ0) is 7.94. The third kappa shape index (κ3) is 3.39. The first-order valence-electron chi connectivity index (χ1n) is 4.05. The number of aliphatic hydroxyl groups excluding tert-OH is 1. The molecule has 1 atom stereocenters. The molecule has 1 unspecified atom stereocenters. The third-order valence-corrected chi connectivity index (χ3v) is 1.68. The van der Waals surface area contributed by atoms with Crippen LogP contribution in [0.5, 0.6) is 0 Å². The maximum Gasteiger partial charge on any atom is 0.110 e. The first-order valence-corrected chi connectivity index (χ1v) is 4.05. The largest absolute Gasteiger partial charge is 0.497 e. The average molecular weight is 157 g/mol. The van der Waals surface area contributed by atoms with Gasteiger partial charge in [0.1, 0.15) is 6.10 Å². The number of nitrogens with one attached hydrogen (secondary N) is 1. The summed E-state index contributed by atoms with van der Waals surface area (Å²) in [6.07, 6.45) is 6.27. The molecule has 0 saturated carbocycles. The fraction of sp³-hybridized carbons (Fsp3) is 0.750. The Morgan fingerprint density at radius 2 is 2.55 bits per heavy atom. The summed E-state index contributed by atoms with van der Waals surface area (Å²) in [6.45, 7) is 1.69. The van der Waals surface area contributed by atoms with E-state index in [1.54, 1.807) is 6.26 Å². The van der Waals surface area contributed by atoms with Crippen LogP contribution in [0.15, 0.2) is 12.3 Å². The molecule has 1 aliphatic heterocycles. The smallest absolute Gasteiger partial charge is 0.110 e. The van der Waals surface area contributed by atoms with Crippen molar-refractivity contribution in [2.45, 2.75) is 18.9 Å². The minimum absolute atomic E-state index is 0.197. The highest BCUT2D eigenvalue weighted by molar-refractivity contribution is 4.82. The SMILES string of the molecule is OCCNCC1CCC=CO1. The van der Waals surface area contributed by atoms with Gasteiger partial charge in [0.2, 0.25) is 0 Å². The second-order valence-electron chi connectivity index (χ2n) is 2.63. The summed E-state index contributed by atoms with van der Waals surface area (Å²) < 4.78 is 5.30. The number of ether oxygens (including phenoxy) is 1. The first-order chi connectivity index (χ1) is 5.43. The Bertz CT molecular complexity index is 125. The molecule has 11 heavy (non-hydrogen) atoms. The third-order valence-electron chi connectivity index (χ3n) is 1.68. The monoisotopic (exact) mass is 157 g/mol. The van der Waals surface area contributed by atoms with Gasteiger partial charge in [-0.25, -0.2) is 0 Å². The Morgan fingerprint density at radius 3 is 3.18 bits per heavy atom.